The van der Waals surface area contributed by atoms with Gasteiger partial charge in [-0.1, -0.05) is 25.1 Å². The maximum Gasteiger partial charge on any atom is 0.0994 e. The molecule has 0 saturated carbocycles. The summed E-state index contributed by atoms with van der Waals surface area (Å²) in [6.45, 7) is 5.88. The standard InChI is InChI=1S/C18H21N3/c1-3-10-21(13-16-6-4-5-7-18(16)20)17-9-8-15(12-19)14(2)11-17/h4-9,11H,3,10,13,20H2,1-2H3. The summed E-state index contributed by atoms with van der Waals surface area (Å²) in [5.74, 6) is 0. The van der Waals surface area contributed by atoms with Gasteiger partial charge in [-0.25, -0.2) is 0 Å². The molecule has 2 rings (SSSR count). The van der Waals surface area contributed by atoms with E-state index in [4.69, 9.17) is 11.0 Å². The van der Waals surface area contributed by atoms with E-state index >= 15 is 0 Å². The highest BCUT2D eigenvalue weighted by Gasteiger charge is 2.10. The smallest absolute Gasteiger partial charge is 0.0994 e. The number of hydrogen-bond donors (Lipinski definition) is 1. The highest BCUT2D eigenvalue weighted by atomic mass is 15.1. The molecule has 0 saturated heterocycles. The number of anilines is 2. The van der Waals surface area contributed by atoms with Gasteiger partial charge in [0.05, 0.1) is 11.6 Å². The number of nitriles is 1. The van der Waals surface area contributed by atoms with Crippen molar-refractivity contribution < 1.29 is 0 Å². The largest absolute Gasteiger partial charge is 0.398 e. The van der Waals surface area contributed by atoms with Crippen molar-refractivity contribution in [2.75, 3.05) is 17.2 Å². The van der Waals surface area contributed by atoms with Crippen LogP contribution in [0.25, 0.3) is 0 Å². The average Bonchev–Trinajstić information content (AvgIpc) is 2.49. The van der Waals surface area contributed by atoms with Crippen molar-refractivity contribution >= 4 is 11.4 Å². The minimum atomic E-state index is 0.731. The van der Waals surface area contributed by atoms with Crippen LogP contribution in [0.15, 0.2) is 42.5 Å². The molecular weight excluding hydrogens is 258 g/mol. The Kier molecular flexibility index (Phi) is 4.84. The van der Waals surface area contributed by atoms with Crippen molar-refractivity contribution in [3.63, 3.8) is 0 Å². The second kappa shape index (κ2) is 6.81. The molecule has 0 unspecified atom stereocenters. The Morgan fingerprint density at radius 3 is 2.57 bits per heavy atom. The quantitative estimate of drug-likeness (QED) is 0.845. The van der Waals surface area contributed by atoms with Gasteiger partial charge >= 0.3 is 0 Å². The lowest BCUT2D eigenvalue weighted by Gasteiger charge is -2.25. The summed E-state index contributed by atoms with van der Waals surface area (Å²) >= 11 is 0. The maximum atomic E-state index is 9.04. The fourth-order valence-electron chi connectivity index (χ4n) is 2.42. The highest BCUT2D eigenvalue weighted by Crippen LogP contribution is 2.23. The Balaban J connectivity index is 2.29. The maximum absolute atomic E-state index is 9.04. The Labute approximate surface area is 126 Å². The molecule has 0 radical (unpaired) electrons. The third-order valence-electron chi connectivity index (χ3n) is 3.61. The van der Waals surface area contributed by atoms with E-state index in [1.165, 1.54) is 0 Å². The van der Waals surface area contributed by atoms with Crippen LogP contribution >= 0.6 is 0 Å². The zero-order valence-electron chi connectivity index (χ0n) is 12.6. The minimum absolute atomic E-state index is 0.731. The van der Waals surface area contributed by atoms with Crippen molar-refractivity contribution in [2.24, 2.45) is 0 Å². The molecule has 0 atom stereocenters. The van der Waals surface area contributed by atoms with Gasteiger partial charge in [-0.05, 0) is 48.7 Å². The van der Waals surface area contributed by atoms with Gasteiger partial charge in [0.15, 0.2) is 0 Å². The van der Waals surface area contributed by atoms with Gasteiger partial charge in [-0.2, -0.15) is 5.26 Å². The van der Waals surface area contributed by atoms with Gasteiger partial charge in [0.25, 0.3) is 0 Å². The highest BCUT2D eigenvalue weighted by molar-refractivity contribution is 5.55. The topological polar surface area (TPSA) is 53.0 Å². The average molecular weight is 279 g/mol. The van der Waals surface area contributed by atoms with E-state index in [9.17, 15) is 0 Å². The van der Waals surface area contributed by atoms with Gasteiger partial charge in [-0.3, -0.25) is 0 Å². The predicted molar refractivity (Wildman–Crippen MR) is 88.1 cm³/mol. The van der Waals surface area contributed by atoms with E-state index < -0.39 is 0 Å². The van der Waals surface area contributed by atoms with Crippen LogP contribution in [0.2, 0.25) is 0 Å². The molecule has 3 heteroatoms. The first kappa shape index (κ1) is 14.9. The third kappa shape index (κ3) is 3.55. The zero-order valence-corrected chi connectivity index (χ0v) is 12.6. The van der Waals surface area contributed by atoms with Crippen molar-refractivity contribution in [2.45, 2.75) is 26.8 Å². The van der Waals surface area contributed by atoms with Crippen LogP contribution in [0.1, 0.15) is 30.0 Å². The molecule has 0 aromatic heterocycles. The van der Waals surface area contributed by atoms with Crippen LogP contribution in [0.4, 0.5) is 11.4 Å². The Hall–Kier alpha value is -2.47. The van der Waals surface area contributed by atoms with Crippen LogP contribution in [-0.2, 0) is 6.54 Å². The SMILES string of the molecule is CCCN(Cc1ccccc1N)c1ccc(C#N)c(C)c1. The molecular formula is C18H21N3. The molecule has 0 bridgehead atoms. The van der Waals surface area contributed by atoms with E-state index in [0.29, 0.717) is 0 Å². The van der Waals surface area contributed by atoms with Crippen LogP contribution in [-0.4, -0.2) is 6.54 Å². The van der Waals surface area contributed by atoms with E-state index in [1.54, 1.807) is 0 Å². The number of rotatable bonds is 5. The Morgan fingerprint density at radius 1 is 1.19 bits per heavy atom. The van der Waals surface area contributed by atoms with Crippen LogP contribution < -0.4 is 10.6 Å². The molecule has 0 amide bonds. The van der Waals surface area contributed by atoms with Gasteiger partial charge in [0.2, 0.25) is 0 Å². The van der Waals surface area contributed by atoms with Crippen molar-refractivity contribution in [1.82, 2.24) is 0 Å². The third-order valence-corrected chi connectivity index (χ3v) is 3.61. The van der Waals surface area contributed by atoms with Crippen LogP contribution in [0, 0.1) is 18.3 Å². The molecule has 3 nitrogen and oxygen atoms in total. The van der Waals surface area contributed by atoms with Crippen LogP contribution in [0.5, 0.6) is 0 Å². The van der Waals surface area contributed by atoms with E-state index in [-0.39, 0.29) is 0 Å². The number of benzene rings is 2. The molecule has 0 aliphatic carbocycles. The van der Waals surface area contributed by atoms with Gasteiger partial charge in [-0.15, -0.1) is 0 Å². The lowest BCUT2D eigenvalue weighted by molar-refractivity contribution is 0.768. The number of para-hydroxylation sites is 1. The number of hydrogen-bond acceptors (Lipinski definition) is 3. The summed E-state index contributed by atoms with van der Waals surface area (Å²) in [6.07, 6.45) is 1.06. The lowest BCUT2D eigenvalue weighted by atomic mass is 10.1. The first-order valence-electron chi connectivity index (χ1n) is 7.24. The van der Waals surface area contributed by atoms with Gasteiger partial charge in [0, 0.05) is 24.5 Å². The number of nitrogens with zero attached hydrogens (tertiary/aromatic N) is 2. The zero-order chi connectivity index (χ0) is 15.2. The molecule has 2 aromatic rings. The molecule has 0 aliphatic heterocycles. The Bertz CT molecular complexity index is 656. The summed E-state index contributed by atoms with van der Waals surface area (Å²) in [4.78, 5) is 2.31. The first-order chi connectivity index (χ1) is 10.2. The van der Waals surface area contributed by atoms with E-state index in [0.717, 1.165) is 47.6 Å². The van der Waals surface area contributed by atoms with E-state index in [2.05, 4.69) is 30.0 Å². The van der Waals surface area contributed by atoms with Crippen molar-refractivity contribution in [3.05, 3.63) is 59.2 Å². The normalized spacial score (nSPS) is 10.1. The second-order valence-electron chi connectivity index (χ2n) is 5.23. The fourth-order valence-corrected chi connectivity index (χ4v) is 2.42. The molecule has 108 valence electrons. The van der Waals surface area contributed by atoms with Gasteiger partial charge in [0.1, 0.15) is 0 Å². The summed E-state index contributed by atoms with van der Waals surface area (Å²) in [5.41, 5.74) is 10.9. The lowest BCUT2D eigenvalue weighted by Crippen LogP contribution is -2.24. The predicted octanol–water partition coefficient (Wildman–Crippen LogP) is 3.87. The molecule has 2 aromatic carbocycles. The molecule has 0 aliphatic rings. The van der Waals surface area contributed by atoms with Crippen LogP contribution in [0.3, 0.4) is 0 Å². The number of nitrogens with two attached hydrogens (primary N) is 1. The molecule has 0 spiro atoms. The minimum Gasteiger partial charge on any atom is -0.398 e. The molecule has 21 heavy (non-hydrogen) atoms. The van der Waals surface area contributed by atoms with Crippen molar-refractivity contribution in [1.29, 1.82) is 5.26 Å². The van der Waals surface area contributed by atoms with E-state index in [1.807, 2.05) is 37.3 Å². The molecule has 0 fully saturated rings. The summed E-state index contributed by atoms with van der Waals surface area (Å²) < 4.78 is 0. The summed E-state index contributed by atoms with van der Waals surface area (Å²) in [6, 6.07) is 16.2. The first-order valence-corrected chi connectivity index (χ1v) is 7.24. The molecule has 0 heterocycles. The van der Waals surface area contributed by atoms with Gasteiger partial charge < -0.3 is 10.6 Å². The van der Waals surface area contributed by atoms with Crippen molar-refractivity contribution in [3.8, 4) is 6.07 Å². The monoisotopic (exact) mass is 279 g/mol. The second-order valence-corrected chi connectivity index (χ2v) is 5.23. The molecule has 2 N–H and O–H groups in total. The number of aryl methyl sites for hydroxylation is 1. The Morgan fingerprint density at radius 2 is 1.95 bits per heavy atom. The summed E-state index contributed by atoms with van der Waals surface area (Å²) in [5, 5.41) is 9.04. The summed E-state index contributed by atoms with van der Waals surface area (Å²) in [7, 11) is 0. The number of nitrogen functional groups attached to an aromatic ring is 1. The fraction of sp³-hybridized carbons (Fsp3) is 0.278.